The van der Waals surface area contributed by atoms with Gasteiger partial charge in [-0.15, -0.1) is 0 Å². The molecular weight excluding hydrogens is 358 g/mol. The molecule has 24 heavy (non-hydrogen) atoms. The van der Waals surface area contributed by atoms with Crippen molar-refractivity contribution in [3.05, 3.63) is 29.3 Å². The highest BCUT2D eigenvalue weighted by molar-refractivity contribution is 8.14. The molecule has 3 rings (SSSR count). The smallest absolute Gasteiger partial charge is 0.179 e. The fourth-order valence-corrected chi connectivity index (χ4v) is 4.87. The number of thiocarbonyl (C=S) groups is 1. The summed E-state index contributed by atoms with van der Waals surface area (Å²) in [5.41, 5.74) is 0.919. The third-order valence-electron chi connectivity index (χ3n) is 4.64. The van der Waals surface area contributed by atoms with Gasteiger partial charge in [0.25, 0.3) is 0 Å². The van der Waals surface area contributed by atoms with Crippen LogP contribution in [0.25, 0.3) is 0 Å². The lowest BCUT2D eigenvalue weighted by Gasteiger charge is -2.27. The number of nitrogens with zero attached hydrogens (tertiary/aromatic N) is 2. The lowest BCUT2D eigenvalue weighted by Crippen LogP contribution is -2.37. The summed E-state index contributed by atoms with van der Waals surface area (Å²) in [7, 11) is 0. The van der Waals surface area contributed by atoms with E-state index in [1.807, 2.05) is 36.0 Å². The molecule has 0 aromatic heterocycles. The van der Waals surface area contributed by atoms with Gasteiger partial charge in [-0.1, -0.05) is 56.1 Å². The van der Waals surface area contributed by atoms with Crippen molar-refractivity contribution in [3.8, 4) is 0 Å². The van der Waals surface area contributed by atoms with Gasteiger partial charge in [0.2, 0.25) is 0 Å². The van der Waals surface area contributed by atoms with Crippen molar-refractivity contribution in [2.24, 2.45) is 10.9 Å². The van der Waals surface area contributed by atoms with Crippen LogP contribution in [0.5, 0.6) is 0 Å². The molecule has 1 aromatic carbocycles. The van der Waals surface area contributed by atoms with Crippen molar-refractivity contribution in [1.82, 2.24) is 4.90 Å². The molecule has 0 spiro atoms. The quantitative estimate of drug-likeness (QED) is 0.693. The molecular formula is C18H24ClN3S2. The number of aliphatic imine (C=N–C) groups is 1. The fourth-order valence-electron chi connectivity index (χ4n) is 3.27. The largest absolute Gasteiger partial charge is 0.332 e. The molecule has 1 N–H and O–H groups in total. The van der Waals surface area contributed by atoms with E-state index in [2.05, 4.69) is 24.1 Å². The standard InChI is InChI=1S/C18H24ClN3S2/c1-12-6-3-4-9-16(12)21-18-22(11-13(2)24-18)17(23)20-15-8-5-7-14(19)10-15/h5,7-8,10,12-13,16H,3-4,6,9,11H2,1-2H3,(H,20,23). The number of rotatable bonds is 2. The molecule has 0 radical (unpaired) electrons. The van der Waals surface area contributed by atoms with Gasteiger partial charge in [-0.05, 0) is 49.2 Å². The zero-order valence-electron chi connectivity index (χ0n) is 14.2. The maximum atomic E-state index is 6.06. The van der Waals surface area contributed by atoms with Gasteiger partial charge in [0, 0.05) is 22.5 Å². The topological polar surface area (TPSA) is 27.6 Å². The first-order valence-electron chi connectivity index (χ1n) is 8.61. The Morgan fingerprint density at radius 3 is 2.88 bits per heavy atom. The highest BCUT2D eigenvalue weighted by Gasteiger charge is 2.31. The minimum atomic E-state index is 0.433. The summed E-state index contributed by atoms with van der Waals surface area (Å²) < 4.78 is 0. The molecule has 130 valence electrons. The monoisotopic (exact) mass is 381 g/mol. The second-order valence-electron chi connectivity index (χ2n) is 6.72. The van der Waals surface area contributed by atoms with E-state index in [1.165, 1.54) is 25.7 Å². The van der Waals surface area contributed by atoms with Crippen molar-refractivity contribution in [2.45, 2.75) is 50.8 Å². The molecule has 3 atom stereocenters. The van der Waals surface area contributed by atoms with Crippen molar-refractivity contribution in [3.63, 3.8) is 0 Å². The van der Waals surface area contributed by atoms with Crippen LogP contribution in [0, 0.1) is 5.92 Å². The molecule has 0 bridgehead atoms. The first-order valence-corrected chi connectivity index (χ1v) is 10.3. The summed E-state index contributed by atoms with van der Waals surface area (Å²) in [6.45, 7) is 5.45. The predicted octanol–water partition coefficient (Wildman–Crippen LogP) is 5.41. The maximum Gasteiger partial charge on any atom is 0.179 e. The molecule has 3 unspecified atom stereocenters. The van der Waals surface area contributed by atoms with Gasteiger partial charge in [0.1, 0.15) is 0 Å². The van der Waals surface area contributed by atoms with E-state index in [4.69, 9.17) is 28.8 Å². The van der Waals surface area contributed by atoms with Crippen LogP contribution in [0.2, 0.25) is 5.02 Å². The van der Waals surface area contributed by atoms with Crippen molar-refractivity contribution in [2.75, 3.05) is 11.9 Å². The van der Waals surface area contributed by atoms with E-state index in [0.29, 0.717) is 27.3 Å². The normalized spacial score (nSPS) is 29.0. The number of nitrogens with one attached hydrogen (secondary N) is 1. The Balaban J connectivity index is 1.73. The average molecular weight is 382 g/mol. The summed E-state index contributed by atoms with van der Waals surface area (Å²) in [4.78, 5) is 7.23. The number of anilines is 1. The Labute approximate surface area is 159 Å². The number of amidine groups is 1. The Kier molecular flexibility index (Phi) is 6.06. The van der Waals surface area contributed by atoms with E-state index in [9.17, 15) is 0 Å². The first kappa shape index (κ1) is 18.0. The molecule has 1 saturated carbocycles. The van der Waals surface area contributed by atoms with Crippen LogP contribution in [0.1, 0.15) is 39.5 Å². The zero-order valence-corrected chi connectivity index (χ0v) is 16.6. The van der Waals surface area contributed by atoms with Crippen molar-refractivity contribution in [1.29, 1.82) is 0 Å². The Morgan fingerprint density at radius 2 is 2.12 bits per heavy atom. The van der Waals surface area contributed by atoms with Crippen LogP contribution < -0.4 is 5.32 Å². The van der Waals surface area contributed by atoms with Crippen LogP contribution in [0.3, 0.4) is 0 Å². The second-order valence-corrected chi connectivity index (χ2v) is 8.95. The molecule has 2 fully saturated rings. The summed E-state index contributed by atoms with van der Waals surface area (Å²) >= 11 is 13.5. The lowest BCUT2D eigenvalue weighted by molar-refractivity contribution is 0.332. The molecule has 0 amide bonds. The number of benzene rings is 1. The van der Waals surface area contributed by atoms with E-state index >= 15 is 0 Å². The summed E-state index contributed by atoms with van der Waals surface area (Å²) in [6, 6.07) is 8.09. The highest BCUT2D eigenvalue weighted by Crippen LogP contribution is 2.31. The summed E-state index contributed by atoms with van der Waals surface area (Å²) in [6.07, 6.45) is 5.11. The third-order valence-corrected chi connectivity index (χ3v) is 6.29. The van der Waals surface area contributed by atoms with Gasteiger partial charge in [-0.25, -0.2) is 0 Å². The van der Waals surface area contributed by atoms with Gasteiger partial charge in [0.15, 0.2) is 10.3 Å². The minimum Gasteiger partial charge on any atom is -0.332 e. The van der Waals surface area contributed by atoms with Crippen LogP contribution >= 0.6 is 35.6 Å². The number of hydrogen-bond acceptors (Lipinski definition) is 3. The first-order chi connectivity index (χ1) is 11.5. The van der Waals surface area contributed by atoms with E-state index in [-0.39, 0.29) is 0 Å². The molecule has 2 aliphatic rings. The van der Waals surface area contributed by atoms with E-state index in [0.717, 1.165) is 17.4 Å². The number of hydrogen-bond donors (Lipinski definition) is 1. The molecule has 1 aliphatic carbocycles. The second kappa shape index (κ2) is 8.07. The lowest BCUT2D eigenvalue weighted by atomic mass is 9.86. The molecule has 6 heteroatoms. The molecule has 1 aromatic rings. The summed E-state index contributed by atoms with van der Waals surface area (Å²) in [5, 5.41) is 6.28. The van der Waals surface area contributed by atoms with Crippen molar-refractivity contribution < 1.29 is 0 Å². The van der Waals surface area contributed by atoms with Crippen molar-refractivity contribution >= 4 is 51.5 Å². The molecule has 1 saturated heterocycles. The number of thioether (sulfide) groups is 1. The van der Waals surface area contributed by atoms with Crippen LogP contribution in [0.4, 0.5) is 5.69 Å². The Hall–Kier alpha value is -0.780. The molecule has 1 heterocycles. The third kappa shape index (κ3) is 4.44. The maximum absolute atomic E-state index is 6.06. The Morgan fingerprint density at radius 1 is 1.33 bits per heavy atom. The van der Waals surface area contributed by atoms with Gasteiger partial charge < -0.3 is 5.32 Å². The van der Waals surface area contributed by atoms with Gasteiger partial charge in [-0.3, -0.25) is 9.89 Å². The molecule has 1 aliphatic heterocycles. The minimum absolute atomic E-state index is 0.433. The highest BCUT2D eigenvalue weighted by atomic mass is 35.5. The summed E-state index contributed by atoms with van der Waals surface area (Å²) in [5.74, 6) is 0.666. The predicted molar refractivity (Wildman–Crippen MR) is 110 cm³/mol. The Bertz CT molecular complexity index is 634. The fraction of sp³-hybridized carbons (Fsp3) is 0.556. The van der Waals surface area contributed by atoms with E-state index < -0.39 is 0 Å². The van der Waals surface area contributed by atoms with Crippen LogP contribution in [-0.4, -0.2) is 33.0 Å². The van der Waals surface area contributed by atoms with Gasteiger partial charge in [0.05, 0.1) is 6.04 Å². The van der Waals surface area contributed by atoms with Gasteiger partial charge in [-0.2, -0.15) is 0 Å². The zero-order chi connectivity index (χ0) is 17.1. The van der Waals surface area contributed by atoms with Crippen LogP contribution in [-0.2, 0) is 0 Å². The van der Waals surface area contributed by atoms with Crippen LogP contribution in [0.15, 0.2) is 29.3 Å². The average Bonchev–Trinajstić information content (AvgIpc) is 2.90. The van der Waals surface area contributed by atoms with E-state index in [1.54, 1.807) is 0 Å². The van der Waals surface area contributed by atoms with Gasteiger partial charge >= 0.3 is 0 Å². The molecule has 3 nitrogen and oxygen atoms in total. The number of halogens is 1. The SMILES string of the molecule is CC1CN(C(=S)Nc2cccc(Cl)c2)C(=NC2CCCCC2C)S1.